The van der Waals surface area contributed by atoms with Gasteiger partial charge in [-0.05, 0) is 30.7 Å². The number of aromatic carboxylic acids is 1. The number of hydrogen-bond acceptors (Lipinski definition) is 2. The Morgan fingerprint density at radius 2 is 2.07 bits per heavy atom. The molecule has 0 amide bonds. The highest BCUT2D eigenvalue weighted by molar-refractivity contribution is 5.87. The predicted molar refractivity (Wildman–Crippen MR) is 54.1 cm³/mol. The first kappa shape index (κ1) is 10.3. The number of hydrogen-bond donors (Lipinski definition) is 1. The maximum atomic E-state index is 10.5. The fraction of sp³-hybridized carbons (Fsp3) is 0.182. The highest BCUT2D eigenvalue weighted by Crippen LogP contribution is 2.06. The summed E-state index contributed by atoms with van der Waals surface area (Å²) in [6.45, 7) is 2.53. The molecule has 1 rings (SSSR count). The van der Waals surface area contributed by atoms with Crippen LogP contribution in [0.4, 0.5) is 0 Å². The monoisotopic (exact) mass is 192 g/mol. The van der Waals surface area contributed by atoms with Gasteiger partial charge in [-0.2, -0.15) is 0 Å². The molecule has 0 bridgehead atoms. The van der Waals surface area contributed by atoms with Gasteiger partial charge in [0, 0.05) is 0 Å². The molecule has 0 aliphatic carbocycles. The molecule has 0 atom stereocenters. The Labute approximate surface area is 82.6 Å². The van der Waals surface area contributed by atoms with E-state index in [4.69, 9.17) is 9.84 Å². The van der Waals surface area contributed by atoms with Gasteiger partial charge < -0.3 is 9.84 Å². The number of ether oxygens (including phenoxy) is 1. The molecule has 0 unspecified atom stereocenters. The molecule has 0 saturated carbocycles. The maximum Gasteiger partial charge on any atom is 0.335 e. The minimum atomic E-state index is -0.912. The van der Waals surface area contributed by atoms with Gasteiger partial charge >= 0.3 is 5.97 Å². The number of carboxylic acid groups (broad SMARTS) is 1. The van der Waals surface area contributed by atoms with Gasteiger partial charge in [0.1, 0.15) is 0 Å². The highest BCUT2D eigenvalue weighted by Gasteiger charge is 1.99. The van der Waals surface area contributed by atoms with Crippen molar-refractivity contribution in [2.75, 3.05) is 6.61 Å². The van der Waals surface area contributed by atoms with Crippen molar-refractivity contribution in [1.29, 1.82) is 0 Å². The summed E-state index contributed by atoms with van der Waals surface area (Å²) in [4.78, 5) is 10.5. The minimum absolute atomic E-state index is 0.290. The van der Waals surface area contributed by atoms with E-state index >= 15 is 0 Å². The molecule has 14 heavy (non-hydrogen) atoms. The summed E-state index contributed by atoms with van der Waals surface area (Å²) in [7, 11) is 0. The van der Waals surface area contributed by atoms with E-state index < -0.39 is 5.97 Å². The molecule has 0 aliphatic rings. The fourth-order valence-electron chi connectivity index (χ4n) is 0.960. The molecule has 0 spiro atoms. The van der Waals surface area contributed by atoms with Crippen LogP contribution in [0, 0.1) is 0 Å². The largest absolute Gasteiger partial charge is 0.501 e. The van der Waals surface area contributed by atoms with Crippen LogP contribution in [0.5, 0.6) is 0 Å². The Kier molecular flexibility index (Phi) is 3.73. The topological polar surface area (TPSA) is 46.5 Å². The summed E-state index contributed by atoms with van der Waals surface area (Å²) in [6, 6.07) is 6.60. The zero-order valence-corrected chi connectivity index (χ0v) is 7.93. The van der Waals surface area contributed by atoms with Crippen LogP contribution in [0.15, 0.2) is 30.5 Å². The molecule has 3 heteroatoms. The van der Waals surface area contributed by atoms with Crippen LogP contribution in [-0.2, 0) is 4.74 Å². The molecule has 1 N–H and O–H groups in total. The van der Waals surface area contributed by atoms with E-state index in [0.717, 1.165) is 5.56 Å². The summed E-state index contributed by atoms with van der Waals surface area (Å²) in [6.07, 6.45) is 3.38. The summed E-state index contributed by atoms with van der Waals surface area (Å²) in [5.74, 6) is -0.912. The zero-order valence-electron chi connectivity index (χ0n) is 7.93. The van der Waals surface area contributed by atoms with Crippen molar-refractivity contribution >= 4 is 12.0 Å². The van der Waals surface area contributed by atoms with Crippen molar-refractivity contribution in [2.24, 2.45) is 0 Å². The van der Waals surface area contributed by atoms with Gasteiger partial charge in [0.15, 0.2) is 0 Å². The second-order valence-electron chi connectivity index (χ2n) is 2.69. The van der Waals surface area contributed by atoms with E-state index in [9.17, 15) is 4.79 Å². The van der Waals surface area contributed by atoms with E-state index in [0.29, 0.717) is 12.2 Å². The number of carboxylic acids is 1. The maximum absolute atomic E-state index is 10.5. The van der Waals surface area contributed by atoms with Gasteiger partial charge in [-0.25, -0.2) is 4.79 Å². The first-order chi connectivity index (χ1) is 6.74. The third-order valence-electron chi connectivity index (χ3n) is 1.68. The van der Waals surface area contributed by atoms with Crippen LogP contribution in [0.25, 0.3) is 6.08 Å². The fourth-order valence-corrected chi connectivity index (χ4v) is 0.960. The van der Waals surface area contributed by atoms with Crippen molar-refractivity contribution in [3.05, 3.63) is 41.7 Å². The molecule has 0 heterocycles. The molecular weight excluding hydrogens is 180 g/mol. The molecule has 0 aliphatic heterocycles. The van der Waals surface area contributed by atoms with Gasteiger partial charge in [0.05, 0.1) is 18.4 Å². The number of benzene rings is 1. The lowest BCUT2D eigenvalue weighted by Gasteiger charge is -1.96. The lowest BCUT2D eigenvalue weighted by Crippen LogP contribution is -1.94. The Hall–Kier alpha value is -1.77. The molecule has 74 valence electrons. The molecule has 3 nitrogen and oxygen atoms in total. The van der Waals surface area contributed by atoms with Crippen LogP contribution in [-0.4, -0.2) is 17.7 Å². The van der Waals surface area contributed by atoms with Crippen LogP contribution in [0.1, 0.15) is 22.8 Å². The van der Waals surface area contributed by atoms with Gasteiger partial charge in [-0.1, -0.05) is 12.1 Å². The lowest BCUT2D eigenvalue weighted by molar-refractivity contribution is 0.0697. The summed E-state index contributed by atoms with van der Waals surface area (Å²) in [5, 5.41) is 8.65. The van der Waals surface area contributed by atoms with Crippen molar-refractivity contribution in [1.82, 2.24) is 0 Å². The summed E-state index contributed by atoms with van der Waals surface area (Å²) in [5.41, 5.74) is 1.21. The SMILES string of the molecule is CCOC=Cc1ccc(C(=O)O)cc1. The summed E-state index contributed by atoms with van der Waals surface area (Å²) >= 11 is 0. The summed E-state index contributed by atoms with van der Waals surface area (Å²) < 4.78 is 5.02. The van der Waals surface area contributed by atoms with Crippen LogP contribution in [0.2, 0.25) is 0 Å². The second kappa shape index (κ2) is 5.07. The van der Waals surface area contributed by atoms with Crippen molar-refractivity contribution < 1.29 is 14.6 Å². The van der Waals surface area contributed by atoms with Gasteiger partial charge in [0.2, 0.25) is 0 Å². The Balaban J connectivity index is 2.68. The van der Waals surface area contributed by atoms with Crippen LogP contribution >= 0.6 is 0 Å². The lowest BCUT2D eigenvalue weighted by atomic mass is 10.1. The van der Waals surface area contributed by atoms with E-state index in [2.05, 4.69) is 0 Å². The molecule has 1 aromatic rings. The van der Waals surface area contributed by atoms with Crippen LogP contribution < -0.4 is 0 Å². The average Bonchev–Trinajstić information content (AvgIpc) is 2.19. The average molecular weight is 192 g/mol. The Morgan fingerprint density at radius 1 is 1.43 bits per heavy atom. The molecule has 0 aromatic heterocycles. The van der Waals surface area contributed by atoms with E-state index in [1.165, 1.54) is 0 Å². The zero-order chi connectivity index (χ0) is 10.4. The van der Waals surface area contributed by atoms with Crippen molar-refractivity contribution in [2.45, 2.75) is 6.92 Å². The number of rotatable bonds is 4. The molecule has 1 aromatic carbocycles. The third kappa shape index (κ3) is 2.94. The molecule has 0 fully saturated rings. The van der Waals surface area contributed by atoms with E-state index in [1.54, 1.807) is 36.6 Å². The molecule has 0 saturated heterocycles. The first-order valence-electron chi connectivity index (χ1n) is 4.35. The standard InChI is InChI=1S/C11H12O3/c1-2-14-8-7-9-3-5-10(6-4-9)11(12)13/h3-8H,2H2,1H3,(H,12,13). The number of carbonyl (C=O) groups is 1. The first-order valence-corrected chi connectivity index (χ1v) is 4.35. The van der Waals surface area contributed by atoms with E-state index in [1.807, 2.05) is 6.92 Å². The second-order valence-corrected chi connectivity index (χ2v) is 2.69. The van der Waals surface area contributed by atoms with Crippen molar-refractivity contribution in [3.8, 4) is 0 Å². The van der Waals surface area contributed by atoms with E-state index in [-0.39, 0.29) is 0 Å². The quantitative estimate of drug-likeness (QED) is 0.745. The minimum Gasteiger partial charge on any atom is -0.501 e. The highest BCUT2D eigenvalue weighted by atomic mass is 16.5. The normalized spacial score (nSPS) is 10.4. The van der Waals surface area contributed by atoms with Crippen LogP contribution in [0.3, 0.4) is 0 Å². The van der Waals surface area contributed by atoms with Gasteiger partial charge in [-0.15, -0.1) is 0 Å². The van der Waals surface area contributed by atoms with Gasteiger partial charge in [0.25, 0.3) is 0 Å². The van der Waals surface area contributed by atoms with Crippen molar-refractivity contribution in [3.63, 3.8) is 0 Å². The molecule has 0 radical (unpaired) electrons. The van der Waals surface area contributed by atoms with Gasteiger partial charge in [-0.3, -0.25) is 0 Å². The predicted octanol–water partition coefficient (Wildman–Crippen LogP) is 2.39. The third-order valence-corrected chi connectivity index (χ3v) is 1.68. The smallest absolute Gasteiger partial charge is 0.335 e. The Bertz CT molecular complexity index is 325. The Morgan fingerprint density at radius 3 is 2.57 bits per heavy atom. The molecular formula is C11H12O3.